The molecule has 8 heteroatoms. The fourth-order valence-electron chi connectivity index (χ4n) is 1.71. The van der Waals surface area contributed by atoms with Crippen LogP contribution in [0.3, 0.4) is 0 Å². The zero-order chi connectivity index (χ0) is 16.4. The van der Waals surface area contributed by atoms with E-state index in [4.69, 9.17) is 5.73 Å². The molecule has 0 saturated carbocycles. The van der Waals surface area contributed by atoms with Gasteiger partial charge in [0.1, 0.15) is 11.9 Å². The van der Waals surface area contributed by atoms with Crippen molar-refractivity contribution in [2.45, 2.75) is 26.1 Å². The topological polar surface area (TPSA) is 72.2 Å². The Morgan fingerprint density at radius 1 is 1.24 bits per heavy atom. The summed E-state index contributed by atoms with van der Waals surface area (Å²) >= 11 is 0. The maximum atomic E-state index is 13.8. The number of hydrogen-bond donors (Lipinski definition) is 2. The first kappa shape index (κ1) is 16.9. The molecular formula is C13H14F4N2O2. The molecule has 0 aliphatic heterocycles. The Labute approximate surface area is 118 Å². The third kappa shape index (κ3) is 3.93. The number of hydrogen-bond acceptors (Lipinski definition) is 2. The Hall–Kier alpha value is -2.12. The molecule has 0 radical (unpaired) electrons. The van der Waals surface area contributed by atoms with Crippen molar-refractivity contribution in [1.29, 1.82) is 0 Å². The lowest BCUT2D eigenvalue weighted by atomic mass is 10.0. The van der Waals surface area contributed by atoms with E-state index in [-0.39, 0.29) is 5.92 Å². The van der Waals surface area contributed by atoms with Crippen LogP contribution in [0.4, 0.5) is 17.6 Å². The molecule has 0 spiro atoms. The summed E-state index contributed by atoms with van der Waals surface area (Å²) in [6.45, 7) is 3.16. The maximum Gasteiger partial charge on any atom is 0.419 e. The van der Waals surface area contributed by atoms with Gasteiger partial charge in [-0.25, -0.2) is 4.39 Å². The molecule has 0 aliphatic rings. The van der Waals surface area contributed by atoms with Crippen LogP contribution >= 0.6 is 0 Å². The molecule has 1 atom stereocenters. The van der Waals surface area contributed by atoms with E-state index < -0.39 is 41.0 Å². The van der Waals surface area contributed by atoms with Gasteiger partial charge >= 0.3 is 6.18 Å². The second-order valence-corrected chi connectivity index (χ2v) is 4.76. The van der Waals surface area contributed by atoms with Gasteiger partial charge < -0.3 is 11.1 Å². The second kappa shape index (κ2) is 6.11. The summed E-state index contributed by atoms with van der Waals surface area (Å²) in [5.41, 5.74) is 2.73. The van der Waals surface area contributed by atoms with Crippen molar-refractivity contribution >= 4 is 11.8 Å². The summed E-state index contributed by atoms with van der Waals surface area (Å²) in [7, 11) is 0. The van der Waals surface area contributed by atoms with E-state index in [0.29, 0.717) is 6.07 Å². The van der Waals surface area contributed by atoms with Gasteiger partial charge in [0.2, 0.25) is 5.91 Å². The third-order valence-electron chi connectivity index (χ3n) is 2.81. The van der Waals surface area contributed by atoms with Crippen molar-refractivity contribution < 1.29 is 27.2 Å². The van der Waals surface area contributed by atoms with Gasteiger partial charge in [0, 0.05) is 0 Å². The molecule has 0 heterocycles. The zero-order valence-corrected chi connectivity index (χ0v) is 11.3. The first-order valence-electron chi connectivity index (χ1n) is 6.01. The summed E-state index contributed by atoms with van der Waals surface area (Å²) in [6.07, 6.45) is -4.92. The summed E-state index contributed by atoms with van der Waals surface area (Å²) < 4.78 is 51.5. The Balaban J connectivity index is 3.12. The van der Waals surface area contributed by atoms with E-state index >= 15 is 0 Å². The van der Waals surface area contributed by atoms with E-state index in [9.17, 15) is 27.2 Å². The van der Waals surface area contributed by atoms with E-state index in [1.807, 2.05) is 0 Å². The average molecular weight is 306 g/mol. The van der Waals surface area contributed by atoms with Crippen molar-refractivity contribution in [1.82, 2.24) is 5.32 Å². The molecule has 2 amide bonds. The van der Waals surface area contributed by atoms with Crippen LogP contribution in [0, 0.1) is 11.7 Å². The highest BCUT2D eigenvalue weighted by Gasteiger charge is 2.36. The Morgan fingerprint density at radius 2 is 1.81 bits per heavy atom. The van der Waals surface area contributed by atoms with Gasteiger partial charge in [-0.05, 0) is 18.1 Å². The Bertz CT molecular complexity index is 556. The van der Waals surface area contributed by atoms with Crippen LogP contribution in [-0.2, 0) is 11.0 Å². The molecule has 1 unspecified atom stereocenters. The Morgan fingerprint density at radius 3 is 2.24 bits per heavy atom. The van der Waals surface area contributed by atoms with Crippen molar-refractivity contribution in [3.63, 3.8) is 0 Å². The summed E-state index contributed by atoms with van der Waals surface area (Å²) in [5, 5.41) is 2.13. The van der Waals surface area contributed by atoms with Crippen molar-refractivity contribution in [3.05, 3.63) is 35.1 Å². The predicted octanol–water partition coefficient (Wildman–Crippen LogP) is 2.08. The molecule has 1 aromatic rings. The van der Waals surface area contributed by atoms with E-state index in [0.717, 1.165) is 12.1 Å². The molecule has 4 nitrogen and oxygen atoms in total. The molecule has 0 bridgehead atoms. The van der Waals surface area contributed by atoms with Crippen LogP contribution in [-0.4, -0.2) is 17.9 Å². The summed E-state index contributed by atoms with van der Waals surface area (Å²) in [6, 6.07) is 1.24. The number of nitrogens with two attached hydrogens (primary N) is 1. The molecule has 3 N–H and O–H groups in total. The summed E-state index contributed by atoms with van der Waals surface area (Å²) in [4.78, 5) is 23.0. The van der Waals surface area contributed by atoms with Gasteiger partial charge in [0.05, 0.1) is 11.1 Å². The highest BCUT2D eigenvalue weighted by molar-refractivity contribution is 5.97. The molecule has 0 fully saturated rings. The number of rotatable bonds is 4. The smallest absolute Gasteiger partial charge is 0.368 e. The fourth-order valence-corrected chi connectivity index (χ4v) is 1.71. The van der Waals surface area contributed by atoms with Gasteiger partial charge in [0.15, 0.2) is 0 Å². The van der Waals surface area contributed by atoms with E-state index in [1.54, 1.807) is 13.8 Å². The van der Waals surface area contributed by atoms with E-state index in [1.165, 1.54) is 0 Å². The highest BCUT2D eigenvalue weighted by Crippen LogP contribution is 2.32. The van der Waals surface area contributed by atoms with Gasteiger partial charge in [-0.1, -0.05) is 19.9 Å². The first-order chi connectivity index (χ1) is 9.55. The largest absolute Gasteiger partial charge is 0.419 e. The molecule has 116 valence electrons. The number of benzene rings is 1. The van der Waals surface area contributed by atoms with Crippen LogP contribution < -0.4 is 11.1 Å². The molecule has 0 saturated heterocycles. The van der Waals surface area contributed by atoms with Crippen LogP contribution in [0.5, 0.6) is 0 Å². The minimum absolute atomic E-state index is 0.389. The van der Waals surface area contributed by atoms with Gasteiger partial charge in [-0.15, -0.1) is 0 Å². The summed E-state index contributed by atoms with van der Waals surface area (Å²) in [5.74, 6) is -4.06. The van der Waals surface area contributed by atoms with Gasteiger partial charge in [-0.2, -0.15) is 13.2 Å². The van der Waals surface area contributed by atoms with Crippen molar-refractivity contribution in [2.75, 3.05) is 0 Å². The minimum atomic E-state index is -4.92. The van der Waals surface area contributed by atoms with E-state index in [2.05, 4.69) is 5.32 Å². The number of carbonyl (C=O) groups excluding carboxylic acids is 2. The number of nitrogens with one attached hydrogen (secondary N) is 1. The standard InChI is InChI=1S/C13H14F4N2O2/c1-6(2)10(11(18)20)19-12(21)7-4-3-5-8(9(7)14)13(15,16)17/h3-6,10H,1-2H3,(H2,18,20)(H,19,21). The Kier molecular flexibility index (Phi) is 4.93. The van der Waals surface area contributed by atoms with Crippen molar-refractivity contribution in [3.8, 4) is 0 Å². The van der Waals surface area contributed by atoms with Gasteiger partial charge in [-0.3, -0.25) is 9.59 Å². The molecular weight excluding hydrogens is 292 g/mol. The predicted molar refractivity (Wildman–Crippen MR) is 66.7 cm³/mol. The number of halogens is 4. The number of carbonyl (C=O) groups is 2. The molecule has 0 aromatic heterocycles. The third-order valence-corrected chi connectivity index (χ3v) is 2.81. The SMILES string of the molecule is CC(C)C(NC(=O)c1cccc(C(F)(F)F)c1F)C(N)=O. The number of amides is 2. The second-order valence-electron chi connectivity index (χ2n) is 4.76. The maximum absolute atomic E-state index is 13.8. The normalized spacial score (nSPS) is 13.1. The van der Waals surface area contributed by atoms with Crippen LogP contribution in [0.1, 0.15) is 29.8 Å². The van der Waals surface area contributed by atoms with Gasteiger partial charge in [0.25, 0.3) is 5.91 Å². The molecule has 1 aromatic carbocycles. The number of primary amides is 1. The monoisotopic (exact) mass is 306 g/mol. The average Bonchev–Trinajstić information content (AvgIpc) is 2.33. The number of alkyl halides is 3. The highest BCUT2D eigenvalue weighted by atomic mass is 19.4. The molecule has 0 aliphatic carbocycles. The lowest BCUT2D eigenvalue weighted by Crippen LogP contribution is -2.47. The zero-order valence-electron chi connectivity index (χ0n) is 11.3. The lowest BCUT2D eigenvalue weighted by Gasteiger charge is -2.19. The lowest BCUT2D eigenvalue weighted by molar-refractivity contribution is -0.140. The minimum Gasteiger partial charge on any atom is -0.368 e. The van der Waals surface area contributed by atoms with Crippen molar-refractivity contribution in [2.24, 2.45) is 11.7 Å². The van der Waals surface area contributed by atoms with Crippen LogP contribution in [0.2, 0.25) is 0 Å². The van der Waals surface area contributed by atoms with Crippen LogP contribution in [0.25, 0.3) is 0 Å². The molecule has 21 heavy (non-hydrogen) atoms. The fraction of sp³-hybridized carbons (Fsp3) is 0.385. The van der Waals surface area contributed by atoms with Crippen LogP contribution in [0.15, 0.2) is 18.2 Å². The quantitative estimate of drug-likeness (QED) is 0.836. The molecule has 1 rings (SSSR count). The first-order valence-corrected chi connectivity index (χ1v) is 6.01.